The fourth-order valence-corrected chi connectivity index (χ4v) is 4.37. The van der Waals surface area contributed by atoms with Gasteiger partial charge >= 0.3 is 24.0 Å². The summed E-state index contributed by atoms with van der Waals surface area (Å²) >= 11 is 5.87. The highest BCUT2D eigenvalue weighted by molar-refractivity contribution is 6.30. The molecule has 0 spiro atoms. The van der Waals surface area contributed by atoms with Gasteiger partial charge in [0.05, 0.1) is 31.7 Å². The lowest BCUT2D eigenvalue weighted by Gasteiger charge is -2.25. The van der Waals surface area contributed by atoms with Crippen LogP contribution in [0.2, 0.25) is 5.02 Å². The van der Waals surface area contributed by atoms with Crippen LogP contribution < -0.4 is 16.3 Å². The Labute approximate surface area is 262 Å². The van der Waals surface area contributed by atoms with Gasteiger partial charge in [-0.15, -0.1) is 5.10 Å². The Hall–Kier alpha value is -4.38. The number of alkyl halides is 6. The van der Waals surface area contributed by atoms with Crippen molar-refractivity contribution in [3.8, 4) is 11.4 Å². The van der Waals surface area contributed by atoms with E-state index >= 15 is 0 Å². The standard InChI is InChI=1S/C28H28ClF6N5O6/c1-26(2,24(44)46-3)37-21(42)12-19(16-5-4-6-17(11-16)27(30,31)32)36-22(43)14-40-25(45)39(13-20(41)28(33,34)35)23(38-40)15-7-9-18(29)10-8-15/h4-11,19-20,41H,12-14H2,1-3H3,(H,36,43)(H,37,42)/t19-,20-/m0/s1. The van der Waals surface area contributed by atoms with E-state index in [4.69, 9.17) is 11.6 Å². The molecule has 0 bridgehead atoms. The quantitative estimate of drug-likeness (QED) is 0.207. The average Bonchev–Trinajstić information content (AvgIpc) is 3.25. The van der Waals surface area contributed by atoms with Gasteiger partial charge in [0.25, 0.3) is 0 Å². The van der Waals surface area contributed by atoms with E-state index < -0.39 is 78.6 Å². The van der Waals surface area contributed by atoms with Crippen molar-refractivity contribution in [3.63, 3.8) is 0 Å². The molecule has 46 heavy (non-hydrogen) atoms. The van der Waals surface area contributed by atoms with E-state index in [-0.39, 0.29) is 22.0 Å². The van der Waals surface area contributed by atoms with E-state index in [1.54, 1.807) is 0 Å². The molecular formula is C28H28ClF6N5O6. The van der Waals surface area contributed by atoms with Crippen LogP contribution in [0, 0.1) is 0 Å². The van der Waals surface area contributed by atoms with Gasteiger partial charge in [-0.05, 0) is 55.8 Å². The normalized spacial score (nSPS) is 13.5. The highest BCUT2D eigenvalue weighted by Gasteiger charge is 2.39. The molecule has 0 aliphatic heterocycles. The number of benzene rings is 2. The summed E-state index contributed by atoms with van der Waals surface area (Å²) in [5, 5.41) is 18.6. The second-order valence-electron chi connectivity index (χ2n) is 10.6. The largest absolute Gasteiger partial charge is 0.467 e. The topological polar surface area (TPSA) is 145 Å². The Balaban J connectivity index is 1.96. The molecule has 3 N–H and O–H groups in total. The highest BCUT2D eigenvalue weighted by Crippen LogP contribution is 2.31. The van der Waals surface area contributed by atoms with Crippen LogP contribution in [0.3, 0.4) is 0 Å². The predicted molar refractivity (Wildman–Crippen MR) is 150 cm³/mol. The minimum atomic E-state index is -5.10. The number of nitrogens with one attached hydrogen (secondary N) is 2. The van der Waals surface area contributed by atoms with Crippen molar-refractivity contribution in [2.45, 2.75) is 63.4 Å². The van der Waals surface area contributed by atoms with Crippen LogP contribution in [0.25, 0.3) is 11.4 Å². The van der Waals surface area contributed by atoms with E-state index in [9.17, 15) is 50.6 Å². The van der Waals surface area contributed by atoms with Crippen molar-refractivity contribution in [1.29, 1.82) is 0 Å². The summed E-state index contributed by atoms with van der Waals surface area (Å²) in [6.45, 7) is 0.404. The summed E-state index contributed by atoms with van der Waals surface area (Å²) in [6, 6.07) is 7.68. The molecule has 0 saturated heterocycles. The van der Waals surface area contributed by atoms with Crippen LogP contribution in [0.5, 0.6) is 0 Å². The van der Waals surface area contributed by atoms with Crippen molar-refractivity contribution in [1.82, 2.24) is 25.0 Å². The molecule has 0 radical (unpaired) electrons. The summed E-state index contributed by atoms with van der Waals surface area (Å²) in [5.41, 5.74) is -3.92. The lowest BCUT2D eigenvalue weighted by Crippen LogP contribution is -2.51. The van der Waals surface area contributed by atoms with Crippen LogP contribution in [-0.4, -0.2) is 62.2 Å². The minimum Gasteiger partial charge on any atom is -0.467 e. The third-order valence-corrected chi connectivity index (χ3v) is 6.79. The molecule has 0 aliphatic carbocycles. The first-order chi connectivity index (χ1) is 21.2. The second-order valence-corrected chi connectivity index (χ2v) is 11.0. The maximum absolute atomic E-state index is 13.4. The first kappa shape index (κ1) is 36.1. The van der Waals surface area contributed by atoms with Crippen molar-refractivity contribution < 1.29 is 50.6 Å². The van der Waals surface area contributed by atoms with E-state index in [0.717, 1.165) is 19.2 Å². The van der Waals surface area contributed by atoms with Gasteiger partial charge in [0.1, 0.15) is 12.1 Å². The van der Waals surface area contributed by atoms with Crippen molar-refractivity contribution in [2.75, 3.05) is 7.11 Å². The van der Waals surface area contributed by atoms with Gasteiger partial charge in [0.2, 0.25) is 11.8 Å². The molecule has 0 aliphatic rings. The smallest absolute Gasteiger partial charge is 0.416 e. The maximum Gasteiger partial charge on any atom is 0.416 e. The first-order valence-electron chi connectivity index (χ1n) is 13.3. The Kier molecular flexibility index (Phi) is 10.9. The third-order valence-electron chi connectivity index (χ3n) is 6.54. The van der Waals surface area contributed by atoms with E-state index in [1.165, 1.54) is 44.2 Å². The van der Waals surface area contributed by atoms with E-state index in [2.05, 4.69) is 20.5 Å². The van der Waals surface area contributed by atoms with Gasteiger partial charge in [-0.1, -0.05) is 23.7 Å². The number of methoxy groups -OCH3 is 1. The zero-order chi connectivity index (χ0) is 34.6. The Bertz CT molecular complexity index is 1640. The number of aliphatic hydroxyl groups is 1. The van der Waals surface area contributed by atoms with Gasteiger partial charge in [0, 0.05) is 10.6 Å². The van der Waals surface area contributed by atoms with Crippen LogP contribution in [0.1, 0.15) is 37.4 Å². The molecule has 3 rings (SSSR count). The number of aliphatic hydroxyl groups excluding tert-OH is 1. The van der Waals surface area contributed by atoms with Crippen molar-refractivity contribution in [2.24, 2.45) is 0 Å². The van der Waals surface area contributed by atoms with Crippen LogP contribution in [-0.2, 0) is 38.4 Å². The van der Waals surface area contributed by atoms with Crippen molar-refractivity contribution in [3.05, 3.63) is 75.2 Å². The monoisotopic (exact) mass is 679 g/mol. The van der Waals surface area contributed by atoms with Gasteiger partial charge in [-0.2, -0.15) is 26.3 Å². The molecular weight excluding hydrogens is 652 g/mol. The lowest BCUT2D eigenvalue weighted by atomic mass is 9.99. The molecule has 2 aromatic carbocycles. The number of nitrogens with zero attached hydrogens (tertiary/aromatic N) is 3. The first-order valence-corrected chi connectivity index (χ1v) is 13.6. The molecule has 18 heteroatoms. The van der Waals surface area contributed by atoms with Gasteiger partial charge in [-0.3, -0.25) is 14.2 Å². The van der Waals surface area contributed by atoms with Crippen molar-refractivity contribution >= 4 is 29.4 Å². The minimum absolute atomic E-state index is 0.113. The molecule has 0 fully saturated rings. The number of hydrogen-bond acceptors (Lipinski definition) is 7. The maximum atomic E-state index is 13.4. The molecule has 2 atom stereocenters. The number of amides is 2. The van der Waals surface area contributed by atoms with E-state index in [0.29, 0.717) is 15.3 Å². The summed E-state index contributed by atoms with van der Waals surface area (Å²) in [5.74, 6) is -3.11. The lowest BCUT2D eigenvalue weighted by molar-refractivity contribution is -0.207. The molecule has 250 valence electrons. The number of hydrogen-bond donors (Lipinski definition) is 3. The molecule has 1 heterocycles. The molecule has 0 unspecified atom stereocenters. The van der Waals surface area contributed by atoms with Gasteiger partial charge in [0.15, 0.2) is 11.9 Å². The van der Waals surface area contributed by atoms with E-state index in [1.807, 2.05) is 0 Å². The van der Waals surface area contributed by atoms with Crippen LogP contribution in [0.4, 0.5) is 26.3 Å². The molecule has 0 saturated carbocycles. The Morgan fingerprint density at radius 3 is 2.22 bits per heavy atom. The summed E-state index contributed by atoms with van der Waals surface area (Å²) < 4.78 is 85.4. The SMILES string of the molecule is COC(=O)C(C)(C)NC(=O)C[C@H](NC(=O)Cn1nc(-c2ccc(Cl)cc2)n(C[C@H](O)C(F)(F)F)c1=O)c1cccc(C(F)(F)F)c1. The summed E-state index contributed by atoms with van der Waals surface area (Å²) in [4.78, 5) is 51.1. The Morgan fingerprint density at radius 1 is 1.02 bits per heavy atom. The van der Waals surface area contributed by atoms with Gasteiger partial charge in [-0.25, -0.2) is 14.3 Å². The summed E-state index contributed by atoms with van der Waals surface area (Å²) in [7, 11) is 1.08. The predicted octanol–water partition coefficient (Wildman–Crippen LogP) is 3.62. The Morgan fingerprint density at radius 2 is 1.65 bits per heavy atom. The number of ether oxygens (including phenoxy) is 1. The fraction of sp³-hybridized carbons (Fsp3) is 0.393. The number of esters is 1. The zero-order valence-electron chi connectivity index (χ0n) is 24.4. The third kappa shape index (κ3) is 9.09. The molecule has 11 nitrogen and oxygen atoms in total. The number of carbonyl (C=O) groups excluding carboxylic acids is 3. The number of aromatic nitrogens is 3. The van der Waals surface area contributed by atoms with Crippen LogP contribution in [0.15, 0.2) is 53.3 Å². The highest BCUT2D eigenvalue weighted by atomic mass is 35.5. The molecule has 1 aromatic heterocycles. The zero-order valence-corrected chi connectivity index (χ0v) is 25.1. The molecule has 3 aromatic rings. The summed E-state index contributed by atoms with van der Waals surface area (Å²) in [6.07, 6.45) is -13.5. The second kappa shape index (κ2) is 13.9. The molecule has 2 amide bonds. The fourth-order valence-electron chi connectivity index (χ4n) is 4.25. The van der Waals surface area contributed by atoms with Crippen LogP contribution >= 0.6 is 11.6 Å². The average molecular weight is 680 g/mol. The number of rotatable bonds is 11. The van der Waals surface area contributed by atoms with Gasteiger partial charge < -0.3 is 20.5 Å². The number of carbonyl (C=O) groups is 3. The number of halogens is 7.